The number of sulfonamides is 1. The molecule has 2 amide bonds. The maximum absolute atomic E-state index is 13.6. The minimum atomic E-state index is -3.64. The molecular weight excluding hydrogens is 486 g/mol. The molecule has 0 heterocycles. The van der Waals surface area contributed by atoms with Crippen LogP contribution in [0.4, 0.5) is 0 Å². The molecule has 0 saturated carbocycles. The van der Waals surface area contributed by atoms with Crippen LogP contribution in [0.25, 0.3) is 0 Å². The molecule has 0 aromatic heterocycles. The molecule has 1 N–H and O–H groups in total. The van der Waals surface area contributed by atoms with E-state index in [1.165, 1.54) is 11.4 Å². The lowest BCUT2D eigenvalue weighted by Crippen LogP contribution is -2.50. The zero-order chi connectivity index (χ0) is 26.7. The molecule has 0 saturated heterocycles. The van der Waals surface area contributed by atoms with E-state index in [2.05, 4.69) is 5.32 Å². The van der Waals surface area contributed by atoms with Crippen molar-refractivity contribution in [3.05, 3.63) is 102 Å². The zero-order valence-electron chi connectivity index (χ0n) is 21.4. The molecule has 0 aliphatic heterocycles. The first-order chi connectivity index (χ1) is 17.8. The van der Waals surface area contributed by atoms with Gasteiger partial charge >= 0.3 is 0 Å². The quantitative estimate of drug-likeness (QED) is 0.370. The van der Waals surface area contributed by atoms with Crippen molar-refractivity contribution in [2.75, 3.05) is 20.1 Å². The average molecular weight is 522 g/mol. The second kappa shape index (κ2) is 13.7. The third kappa shape index (κ3) is 8.00. The van der Waals surface area contributed by atoms with Crippen LogP contribution in [0, 0.1) is 0 Å². The van der Waals surface area contributed by atoms with E-state index in [0.29, 0.717) is 19.4 Å². The maximum Gasteiger partial charge on any atom is 0.243 e. The third-order valence-corrected chi connectivity index (χ3v) is 8.00. The first-order valence-corrected chi connectivity index (χ1v) is 13.9. The van der Waals surface area contributed by atoms with Gasteiger partial charge in [-0.25, -0.2) is 12.7 Å². The molecule has 0 spiro atoms. The van der Waals surface area contributed by atoms with E-state index in [1.807, 2.05) is 67.6 Å². The van der Waals surface area contributed by atoms with Crippen LogP contribution in [0.2, 0.25) is 0 Å². The Balaban J connectivity index is 1.77. The molecular formula is C29H35N3O4S. The molecule has 3 rings (SSSR count). The van der Waals surface area contributed by atoms with E-state index < -0.39 is 16.1 Å². The molecule has 0 aliphatic rings. The fourth-order valence-electron chi connectivity index (χ4n) is 4.12. The molecule has 3 aromatic carbocycles. The van der Waals surface area contributed by atoms with Gasteiger partial charge in [0, 0.05) is 39.5 Å². The SMILES string of the molecule is CCNC(=O)C(Cc1ccccc1)N(Cc1ccccc1)C(=O)CCCN(C)S(=O)(=O)c1ccccc1. The second-order valence-corrected chi connectivity index (χ2v) is 10.9. The van der Waals surface area contributed by atoms with Crippen molar-refractivity contribution in [3.8, 4) is 0 Å². The topological polar surface area (TPSA) is 86.8 Å². The van der Waals surface area contributed by atoms with Crippen molar-refractivity contribution in [2.24, 2.45) is 0 Å². The summed E-state index contributed by atoms with van der Waals surface area (Å²) >= 11 is 0. The van der Waals surface area contributed by atoms with Crippen molar-refractivity contribution in [1.82, 2.24) is 14.5 Å². The van der Waals surface area contributed by atoms with Gasteiger partial charge in [0.05, 0.1) is 4.90 Å². The van der Waals surface area contributed by atoms with Gasteiger partial charge in [0.25, 0.3) is 0 Å². The largest absolute Gasteiger partial charge is 0.355 e. The highest BCUT2D eigenvalue weighted by atomic mass is 32.2. The van der Waals surface area contributed by atoms with Gasteiger partial charge in [-0.15, -0.1) is 0 Å². The van der Waals surface area contributed by atoms with E-state index in [0.717, 1.165) is 11.1 Å². The Morgan fingerprint density at radius 2 is 1.38 bits per heavy atom. The van der Waals surface area contributed by atoms with Gasteiger partial charge in [0.2, 0.25) is 21.8 Å². The third-order valence-electron chi connectivity index (χ3n) is 6.13. The highest BCUT2D eigenvalue weighted by molar-refractivity contribution is 7.89. The van der Waals surface area contributed by atoms with Gasteiger partial charge < -0.3 is 10.2 Å². The summed E-state index contributed by atoms with van der Waals surface area (Å²) in [5.74, 6) is -0.402. The van der Waals surface area contributed by atoms with Gasteiger partial charge in [-0.3, -0.25) is 9.59 Å². The molecule has 3 aromatic rings. The van der Waals surface area contributed by atoms with Crippen molar-refractivity contribution in [3.63, 3.8) is 0 Å². The predicted octanol–water partition coefficient (Wildman–Crippen LogP) is 3.86. The maximum atomic E-state index is 13.6. The summed E-state index contributed by atoms with van der Waals surface area (Å²) in [4.78, 5) is 28.6. The fourth-order valence-corrected chi connectivity index (χ4v) is 5.35. The lowest BCUT2D eigenvalue weighted by molar-refractivity contribution is -0.141. The van der Waals surface area contributed by atoms with Crippen molar-refractivity contribution >= 4 is 21.8 Å². The van der Waals surface area contributed by atoms with Crippen molar-refractivity contribution in [1.29, 1.82) is 0 Å². The summed E-state index contributed by atoms with van der Waals surface area (Å²) in [5, 5.41) is 2.88. The first-order valence-electron chi connectivity index (χ1n) is 12.5. The van der Waals surface area contributed by atoms with E-state index in [-0.39, 0.29) is 36.2 Å². The Hall–Kier alpha value is -3.49. The van der Waals surface area contributed by atoms with Gasteiger partial charge in [-0.1, -0.05) is 78.9 Å². The van der Waals surface area contributed by atoms with Gasteiger partial charge in [0.1, 0.15) is 6.04 Å². The van der Waals surface area contributed by atoms with Gasteiger partial charge in [-0.05, 0) is 36.6 Å². The average Bonchev–Trinajstić information content (AvgIpc) is 2.92. The summed E-state index contributed by atoms with van der Waals surface area (Å²) in [6, 6.07) is 26.7. The lowest BCUT2D eigenvalue weighted by atomic mass is 10.0. The van der Waals surface area contributed by atoms with E-state index in [9.17, 15) is 18.0 Å². The molecule has 196 valence electrons. The van der Waals surface area contributed by atoms with Crippen LogP contribution in [0.3, 0.4) is 0 Å². The lowest BCUT2D eigenvalue weighted by Gasteiger charge is -2.31. The highest BCUT2D eigenvalue weighted by Gasteiger charge is 2.30. The molecule has 0 radical (unpaired) electrons. The summed E-state index contributed by atoms with van der Waals surface area (Å²) in [6.07, 6.45) is 0.833. The minimum absolute atomic E-state index is 0.117. The molecule has 0 bridgehead atoms. The highest BCUT2D eigenvalue weighted by Crippen LogP contribution is 2.18. The number of benzene rings is 3. The van der Waals surface area contributed by atoms with Gasteiger partial charge in [-0.2, -0.15) is 0 Å². The van der Waals surface area contributed by atoms with Crippen molar-refractivity contribution in [2.45, 2.75) is 43.7 Å². The molecule has 1 atom stereocenters. The summed E-state index contributed by atoms with van der Waals surface area (Å²) in [6.45, 7) is 2.78. The summed E-state index contributed by atoms with van der Waals surface area (Å²) in [5.41, 5.74) is 1.88. The zero-order valence-corrected chi connectivity index (χ0v) is 22.2. The Kier molecular flexibility index (Phi) is 10.4. The Bertz CT molecular complexity index is 1240. The van der Waals surface area contributed by atoms with Crippen LogP contribution in [-0.4, -0.2) is 55.6 Å². The number of nitrogens with one attached hydrogen (secondary N) is 1. The number of carbonyl (C=O) groups excluding carboxylic acids is 2. The van der Waals surface area contributed by atoms with Crippen LogP contribution in [-0.2, 0) is 32.6 Å². The molecule has 1 unspecified atom stereocenters. The first kappa shape index (κ1) is 28.1. The van der Waals surface area contributed by atoms with Crippen LogP contribution in [0.1, 0.15) is 30.9 Å². The van der Waals surface area contributed by atoms with Crippen LogP contribution < -0.4 is 5.32 Å². The predicted molar refractivity (Wildman–Crippen MR) is 145 cm³/mol. The minimum Gasteiger partial charge on any atom is -0.355 e. The Morgan fingerprint density at radius 3 is 1.95 bits per heavy atom. The van der Waals surface area contributed by atoms with E-state index in [1.54, 1.807) is 35.2 Å². The fraction of sp³-hybridized carbons (Fsp3) is 0.310. The van der Waals surface area contributed by atoms with Gasteiger partial charge in [0.15, 0.2) is 0 Å². The monoisotopic (exact) mass is 521 g/mol. The van der Waals surface area contributed by atoms with Crippen LogP contribution in [0.5, 0.6) is 0 Å². The number of hydrogen-bond donors (Lipinski definition) is 1. The Labute approximate surface area is 220 Å². The molecule has 7 nitrogen and oxygen atoms in total. The Morgan fingerprint density at radius 1 is 0.838 bits per heavy atom. The normalized spacial score (nSPS) is 12.2. The number of likely N-dealkylation sites (N-methyl/N-ethyl adjacent to an activating group) is 1. The molecule has 0 fully saturated rings. The number of amides is 2. The number of hydrogen-bond acceptors (Lipinski definition) is 4. The number of carbonyl (C=O) groups is 2. The summed E-state index contributed by atoms with van der Waals surface area (Å²) in [7, 11) is -2.12. The van der Waals surface area contributed by atoms with Crippen molar-refractivity contribution < 1.29 is 18.0 Å². The molecule has 37 heavy (non-hydrogen) atoms. The molecule has 0 aliphatic carbocycles. The number of nitrogens with zero attached hydrogens (tertiary/aromatic N) is 2. The smallest absolute Gasteiger partial charge is 0.243 e. The van der Waals surface area contributed by atoms with E-state index in [4.69, 9.17) is 0 Å². The molecule has 8 heteroatoms. The summed E-state index contributed by atoms with van der Waals surface area (Å²) < 4.78 is 26.9. The van der Waals surface area contributed by atoms with Crippen LogP contribution >= 0.6 is 0 Å². The van der Waals surface area contributed by atoms with E-state index >= 15 is 0 Å². The van der Waals surface area contributed by atoms with Crippen LogP contribution in [0.15, 0.2) is 95.9 Å². The number of rotatable bonds is 13. The standard InChI is InChI=1S/C29H35N3O4S/c1-3-30-29(34)27(22-24-14-7-4-8-15-24)32(23-25-16-9-5-10-17-25)28(33)20-13-21-31(2)37(35,36)26-18-11-6-12-19-26/h4-12,14-19,27H,3,13,20-23H2,1-2H3,(H,30,34). The second-order valence-electron chi connectivity index (χ2n) is 8.85.